The molecule has 31 heavy (non-hydrogen) atoms. The van der Waals surface area contributed by atoms with Crippen molar-refractivity contribution in [2.45, 2.75) is 90.5 Å². The van der Waals surface area contributed by atoms with Crippen molar-refractivity contribution < 1.29 is 4.57 Å². The lowest BCUT2D eigenvalue weighted by molar-refractivity contribution is -0.685. The van der Waals surface area contributed by atoms with Crippen LogP contribution in [0.5, 0.6) is 0 Å². The number of aryl methyl sites for hydroxylation is 1. The fraction of sp³-hybridized carbons (Fsp3) is 0.483. The van der Waals surface area contributed by atoms with Crippen molar-refractivity contribution >= 4 is 0 Å². The van der Waals surface area contributed by atoms with Crippen molar-refractivity contribution in [3.05, 3.63) is 73.1 Å². The molecular weight excluding hydrogens is 376 g/mol. The van der Waals surface area contributed by atoms with Crippen molar-refractivity contribution in [1.82, 2.24) is 4.57 Å². The summed E-state index contributed by atoms with van der Waals surface area (Å²) < 4.78 is 4.74. The predicted molar refractivity (Wildman–Crippen MR) is 132 cm³/mol. The van der Waals surface area contributed by atoms with Gasteiger partial charge in [0.15, 0.2) is 0 Å². The smallest absolute Gasteiger partial charge is 0.230 e. The summed E-state index contributed by atoms with van der Waals surface area (Å²) in [5, 5.41) is 0. The highest BCUT2D eigenvalue weighted by molar-refractivity contribution is 5.55. The second-order valence-corrected chi connectivity index (χ2v) is 8.78. The molecule has 0 N–H and O–H groups in total. The first-order chi connectivity index (χ1) is 15.4. The minimum absolute atomic E-state index is 1.08. The van der Waals surface area contributed by atoms with Crippen LogP contribution in [0.3, 0.4) is 0 Å². The van der Waals surface area contributed by atoms with Gasteiger partial charge in [0.1, 0.15) is 18.1 Å². The number of nitrogens with zero attached hydrogens (tertiary/aromatic N) is 2. The molecule has 0 amide bonds. The van der Waals surface area contributed by atoms with E-state index >= 15 is 0 Å². The molecule has 3 rings (SSSR count). The van der Waals surface area contributed by atoms with Gasteiger partial charge in [0.2, 0.25) is 0 Å². The van der Waals surface area contributed by atoms with Crippen molar-refractivity contribution in [3.8, 4) is 17.1 Å². The van der Waals surface area contributed by atoms with E-state index in [0.29, 0.717) is 0 Å². The van der Waals surface area contributed by atoms with Gasteiger partial charge < -0.3 is 0 Å². The molecule has 0 bridgehead atoms. The molecule has 3 aromatic rings. The molecule has 1 heterocycles. The molecule has 0 atom stereocenters. The van der Waals surface area contributed by atoms with Crippen molar-refractivity contribution in [1.29, 1.82) is 0 Å². The molecule has 0 radical (unpaired) electrons. The normalized spacial score (nSPS) is 11.1. The van der Waals surface area contributed by atoms with Gasteiger partial charge in [0.05, 0.1) is 12.1 Å². The quantitative estimate of drug-likeness (QED) is 0.174. The third-order valence-electron chi connectivity index (χ3n) is 6.21. The minimum Gasteiger partial charge on any atom is -0.230 e. The molecule has 0 saturated heterocycles. The second kappa shape index (κ2) is 13.9. The Balaban J connectivity index is 1.44. The summed E-state index contributed by atoms with van der Waals surface area (Å²) in [7, 11) is 0. The second-order valence-electron chi connectivity index (χ2n) is 8.78. The Labute approximate surface area is 190 Å². The zero-order valence-electron chi connectivity index (χ0n) is 19.5. The van der Waals surface area contributed by atoms with Gasteiger partial charge in [0, 0.05) is 0 Å². The van der Waals surface area contributed by atoms with Crippen LogP contribution >= 0.6 is 0 Å². The highest BCUT2D eigenvalue weighted by Crippen LogP contribution is 2.20. The molecule has 0 aliphatic carbocycles. The lowest BCUT2D eigenvalue weighted by Gasteiger charge is -2.06. The third kappa shape index (κ3) is 7.69. The van der Waals surface area contributed by atoms with Crippen molar-refractivity contribution in [3.63, 3.8) is 0 Å². The largest absolute Gasteiger partial charge is 0.294 e. The summed E-state index contributed by atoms with van der Waals surface area (Å²) >= 11 is 0. The van der Waals surface area contributed by atoms with Crippen LogP contribution in [0.25, 0.3) is 17.1 Å². The molecule has 0 aliphatic heterocycles. The molecule has 0 aliphatic rings. The van der Waals surface area contributed by atoms with Crippen LogP contribution in [0.2, 0.25) is 0 Å². The van der Waals surface area contributed by atoms with E-state index < -0.39 is 0 Å². The van der Waals surface area contributed by atoms with E-state index in [1.807, 2.05) is 0 Å². The average molecular weight is 418 g/mol. The summed E-state index contributed by atoms with van der Waals surface area (Å²) in [6, 6.07) is 21.4. The monoisotopic (exact) mass is 417 g/mol. The third-order valence-corrected chi connectivity index (χ3v) is 6.21. The number of hydrogen-bond acceptors (Lipinski definition) is 0. The van der Waals surface area contributed by atoms with Gasteiger partial charge in [-0.25, -0.2) is 4.57 Å². The molecule has 0 saturated carbocycles. The topological polar surface area (TPSA) is 8.81 Å². The highest BCUT2D eigenvalue weighted by atomic mass is 15.2. The van der Waals surface area contributed by atoms with Crippen molar-refractivity contribution in [2.24, 2.45) is 0 Å². The van der Waals surface area contributed by atoms with Gasteiger partial charge in [-0.1, -0.05) is 108 Å². The Kier molecular flexibility index (Phi) is 10.4. The van der Waals surface area contributed by atoms with Crippen LogP contribution in [0.1, 0.15) is 84.0 Å². The molecule has 0 unspecified atom stereocenters. The number of imidazole rings is 1. The van der Waals surface area contributed by atoms with Crippen LogP contribution in [-0.2, 0) is 6.54 Å². The van der Waals surface area contributed by atoms with E-state index in [4.69, 9.17) is 0 Å². The summed E-state index contributed by atoms with van der Waals surface area (Å²) in [6.07, 6.45) is 21.2. The first kappa shape index (κ1) is 23.3. The molecule has 2 aromatic carbocycles. The van der Waals surface area contributed by atoms with E-state index in [0.717, 1.165) is 6.54 Å². The van der Waals surface area contributed by atoms with E-state index in [1.54, 1.807) is 0 Å². The van der Waals surface area contributed by atoms with E-state index in [1.165, 1.54) is 94.1 Å². The fourth-order valence-corrected chi connectivity index (χ4v) is 4.42. The Hall–Kier alpha value is -2.35. The van der Waals surface area contributed by atoms with Gasteiger partial charge in [-0.05, 0) is 37.1 Å². The van der Waals surface area contributed by atoms with Gasteiger partial charge in [-0.2, -0.15) is 4.57 Å². The number of rotatable bonds is 15. The standard InChI is InChI=1S/C29H41N2/c1-2-3-4-5-6-7-8-9-10-11-12-19-24-30-25-26-31(28-22-17-14-18-23-28)29(30)27-20-15-13-16-21-27/h13-18,20-23,25-26H,2-12,19,24H2,1H3/q+1. The molecule has 0 fully saturated rings. The lowest BCUT2D eigenvalue weighted by atomic mass is 10.1. The first-order valence-electron chi connectivity index (χ1n) is 12.6. The fourth-order valence-electron chi connectivity index (χ4n) is 4.42. The van der Waals surface area contributed by atoms with Gasteiger partial charge >= 0.3 is 0 Å². The van der Waals surface area contributed by atoms with E-state index in [2.05, 4.69) is 89.1 Å². The van der Waals surface area contributed by atoms with E-state index in [-0.39, 0.29) is 0 Å². The Bertz CT molecular complexity index is 836. The van der Waals surface area contributed by atoms with Crippen LogP contribution in [0, 0.1) is 0 Å². The van der Waals surface area contributed by atoms with Crippen LogP contribution in [-0.4, -0.2) is 4.57 Å². The number of unbranched alkanes of at least 4 members (excludes halogenated alkanes) is 11. The molecule has 2 heteroatoms. The maximum absolute atomic E-state index is 2.43. The summed E-state index contributed by atoms with van der Waals surface area (Å²) in [4.78, 5) is 0. The van der Waals surface area contributed by atoms with E-state index in [9.17, 15) is 0 Å². The molecule has 1 aromatic heterocycles. The average Bonchev–Trinajstić information content (AvgIpc) is 3.25. The summed E-state index contributed by atoms with van der Waals surface area (Å²) in [6.45, 7) is 3.38. The Morgan fingerprint density at radius 1 is 0.613 bits per heavy atom. The van der Waals surface area contributed by atoms with Crippen molar-refractivity contribution in [2.75, 3.05) is 0 Å². The van der Waals surface area contributed by atoms with Crippen LogP contribution in [0.15, 0.2) is 73.1 Å². The SMILES string of the molecule is CCCCCCCCCCCCCC[n+]1ccn(-c2ccccc2)c1-c1ccccc1. The van der Waals surface area contributed by atoms with Gasteiger partial charge in [-0.15, -0.1) is 0 Å². The minimum atomic E-state index is 1.08. The summed E-state index contributed by atoms with van der Waals surface area (Å²) in [5.41, 5.74) is 2.49. The molecular formula is C29H41N2+. The number of para-hydroxylation sites is 1. The molecule has 166 valence electrons. The first-order valence-corrected chi connectivity index (χ1v) is 12.6. The number of hydrogen-bond donors (Lipinski definition) is 0. The van der Waals surface area contributed by atoms with Gasteiger partial charge in [0.25, 0.3) is 5.82 Å². The Morgan fingerprint density at radius 2 is 1.13 bits per heavy atom. The summed E-state index contributed by atoms with van der Waals surface area (Å²) in [5.74, 6) is 1.27. The maximum atomic E-state index is 2.43. The number of benzene rings is 2. The molecule has 2 nitrogen and oxygen atoms in total. The lowest BCUT2D eigenvalue weighted by Crippen LogP contribution is -2.34. The zero-order valence-corrected chi connectivity index (χ0v) is 19.5. The number of aromatic nitrogens is 2. The zero-order chi connectivity index (χ0) is 21.6. The molecule has 0 spiro atoms. The maximum Gasteiger partial charge on any atom is 0.294 e. The predicted octanol–water partition coefficient (Wildman–Crippen LogP) is 8.13. The van der Waals surface area contributed by atoms with Gasteiger partial charge in [-0.3, -0.25) is 0 Å². The Morgan fingerprint density at radius 3 is 1.71 bits per heavy atom. The van der Waals surface area contributed by atoms with Crippen LogP contribution in [0.4, 0.5) is 0 Å². The van der Waals surface area contributed by atoms with Crippen LogP contribution < -0.4 is 4.57 Å². The highest BCUT2D eigenvalue weighted by Gasteiger charge is 2.20.